The lowest BCUT2D eigenvalue weighted by Gasteiger charge is -2.33. The number of carbonyl (C=O) groups is 1. The summed E-state index contributed by atoms with van der Waals surface area (Å²) in [4.78, 5) is 22.9. The van der Waals surface area contributed by atoms with E-state index in [0.717, 1.165) is 37.3 Å². The molecule has 1 N–H and O–H groups in total. The number of ether oxygens (including phenoxy) is 1. The first-order chi connectivity index (χ1) is 12.7. The average molecular weight is 357 g/mol. The van der Waals surface area contributed by atoms with Gasteiger partial charge in [0.15, 0.2) is 0 Å². The van der Waals surface area contributed by atoms with Crippen molar-refractivity contribution in [3.8, 4) is 5.75 Å². The average Bonchev–Trinajstić information content (AvgIpc) is 3.08. The number of carbonyl (C=O) groups excluding carboxylic acids is 1. The zero-order valence-corrected chi connectivity index (χ0v) is 15.5. The van der Waals surface area contributed by atoms with Crippen LogP contribution in [0, 0.1) is 0 Å². The van der Waals surface area contributed by atoms with Crippen LogP contribution in [0.3, 0.4) is 0 Å². The Balaban J connectivity index is 1.52. The molecule has 0 saturated carbocycles. The summed E-state index contributed by atoms with van der Waals surface area (Å²) in [6, 6.07) is 3.65. The lowest BCUT2D eigenvalue weighted by atomic mass is 10.1. The van der Waals surface area contributed by atoms with Crippen LogP contribution in [0.15, 0.2) is 36.9 Å². The Bertz CT molecular complexity index is 695. The van der Waals surface area contributed by atoms with Crippen LogP contribution >= 0.6 is 0 Å². The lowest BCUT2D eigenvalue weighted by Crippen LogP contribution is -2.47. The summed E-state index contributed by atoms with van der Waals surface area (Å²) in [6.07, 6.45) is 10.8. The first-order valence-corrected chi connectivity index (χ1v) is 9.26. The molecule has 0 aliphatic carbocycles. The standard InChI is InChI=1S/C19H27N5O2/c1-3-4-17(18-21-11-14-23(18)2)22-19(25)24-12-7-16(8-13-24)26-15-5-9-20-10-6-15/h5-6,9-11,14,16-17H,3-4,7-8,12-13H2,1-2H3,(H,22,25). The van der Waals surface area contributed by atoms with Crippen molar-refractivity contribution in [1.29, 1.82) is 0 Å². The maximum atomic E-state index is 12.7. The molecule has 1 fully saturated rings. The number of nitrogens with zero attached hydrogens (tertiary/aromatic N) is 4. The molecule has 0 spiro atoms. The highest BCUT2D eigenvalue weighted by Gasteiger charge is 2.26. The van der Waals surface area contributed by atoms with Crippen LogP contribution in [0.4, 0.5) is 4.79 Å². The van der Waals surface area contributed by atoms with Gasteiger partial charge in [0, 0.05) is 57.8 Å². The molecule has 2 aromatic rings. The molecule has 1 atom stereocenters. The second-order valence-electron chi connectivity index (χ2n) is 6.67. The Kier molecular flexibility index (Phi) is 6.09. The Hall–Kier alpha value is -2.57. The summed E-state index contributed by atoms with van der Waals surface area (Å²) in [5, 5.41) is 3.15. The molecule has 0 radical (unpaired) electrons. The van der Waals surface area contributed by atoms with E-state index in [1.54, 1.807) is 18.6 Å². The van der Waals surface area contributed by atoms with Crippen LogP contribution in [-0.2, 0) is 7.05 Å². The summed E-state index contributed by atoms with van der Waals surface area (Å²) >= 11 is 0. The number of hydrogen-bond acceptors (Lipinski definition) is 4. The van der Waals surface area contributed by atoms with E-state index in [4.69, 9.17) is 4.74 Å². The molecule has 26 heavy (non-hydrogen) atoms. The molecule has 7 heteroatoms. The zero-order valence-electron chi connectivity index (χ0n) is 15.5. The fourth-order valence-electron chi connectivity index (χ4n) is 3.29. The Morgan fingerprint density at radius 2 is 2.04 bits per heavy atom. The number of aromatic nitrogens is 3. The van der Waals surface area contributed by atoms with E-state index in [1.807, 2.05) is 34.8 Å². The lowest BCUT2D eigenvalue weighted by molar-refractivity contribution is 0.109. The van der Waals surface area contributed by atoms with Gasteiger partial charge in [0.2, 0.25) is 0 Å². The monoisotopic (exact) mass is 357 g/mol. The van der Waals surface area contributed by atoms with Crippen molar-refractivity contribution in [2.24, 2.45) is 7.05 Å². The largest absolute Gasteiger partial charge is 0.490 e. The number of urea groups is 1. The van der Waals surface area contributed by atoms with Crippen molar-refractivity contribution in [3.63, 3.8) is 0 Å². The maximum Gasteiger partial charge on any atom is 0.317 e. The summed E-state index contributed by atoms with van der Waals surface area (Å²) < 4.78 is 7.93. The van der Waals surface area contributed by atoms with Gasteiger partial charge in [0.05, 0.1) is 6.04 Å². The highest BCUT2D eigenvalue weighted by molar-refractivity contribution is 5.74. The molecule has 3 heterocycles. The molecule has 1 saturated heterocycles. The predicted octanol–water partition coefficient (Wildman–Crippen LogP) is 2.91. The third-order valence-electron chi connectivity index (χ3n) is 4.73. The van der Waals surface area contributed by atoms with Gasteiger partial charge in [-0.1, -0.05) is 13.3 Å². The van der Waals surface area contributed by atoms with Crippen LogP contribution in [-0.4, -0.2) is 44.7 Å². The molecular weight excluding hydrogens is 330 g/mol. The number of imidazole rings is 1. The maximum absolute atomic E-state index is 12.7. The van der Waals surface area contributed by atoms with Crippen molar-refractivity contribution < 1.29 is 9.53 Å². The predicted molar refractivity (Wildman–Crippen MR) is 98.8 cm³/mol. The van der Waals surface area contributed by atoms with Gasteiger partial charge in [0.25, 0.3) is 0 Å². The van der Waals surface area contributed by atoms with Crippen LogP contribution in [0.2, 0.25) is 0 Å². The molecule has 7 nitrogen and oxygen atoms in total. The topological polar surface area (TPSA) is 72.3 Å². The van der Waals surface area contributed by atoms with E-state index < -0.39 is 0 Å². The second-order valence-corrected chi connectivity index (χ2v) is 6.67. The molecule has 3 rings (SSSR count). The van der Waals surface area contributed by atoms with Gasteiger partial charge in [-0.05, 0) is 18.6 Å². The fourth-order valence-corrected chi connectivity index (χ4v) is 3.29. The SMILES string of the molecule is CCCC(NC(=O)N1CCC(Oc2ccncc2)CC1)c1nccn1C. The minimum Gasteiger partial charge on any atom is -0.490 e. The van der Waals surface area contributed by atoms with E-state index in [9.17, 15) is 4.79 Å². The number of rotatable bonds is 6. The minimum atomic E-state index is -0.0571. The number of likely N-dealkylation sites (tertiary alicyclic amines) is 1. The number of aryl methyl sites for hydroxylation is 1. The van der Waals surface area contributed by atoms with Gasteiger partial charge >= 0.3 is 6.03 Å². The van der Waals surface area contributed by atoms with Gasteiger partial charge in [-0.3, -0.25) is 4.98 Å². The van der Waals surface area contributed by atoms with Crippen LogP contribution in [0.1, 0.15) is 44.5 Å². The number of piperidine rings is 1. The van der Waals surface area contributed by atoms with Gasteiger partial charge < -0.3 is 19.5 Å². The second kappa shape index (κ2) is 8.69. The molecule has 2 aromatic heterocycles. The number of amides is 2. The van der Waals surface area contributed by atoms with E-state index in [-0.39, 0.29) is 18.2 Å². The highest BCUT2D eigenvalue weighted by atomic mass is 16.5. The van der Waals surface area contributed by atoms with E-state index in [1.165, 1.54) is 0 Å². The quantitative estimate of drug-likeness (QED) is 0.863. The summed E-state index contributed by atoms with van der Waals surface area (Å²) in [5.41, 5.74) is 0. The van der Waals surface area contributed by atoms with E-state index >= 15 is 0 Å². The molecule has 0 bridgehead atoms. The van der Waals surface area contributed by atoms with Crippen molar-refractivity contribution in [3.05, 3.63) is 42.7 Å². The van der Waals surface area contributed by atoms with Crippen molar-refractivity contribution in [1.82, 2.24) is 24.8 Å². The van der Waals surface area contributed by atoms with Crippen LogP contribution < -0.4 is 10.1 Å². The first kappa shape index (κ1) is 18.2. The number of pyridine rings is 1. The minimum absolute atomic E-state index is 0.0196. The number of hydrogen-bond donors (Lipinski definition) is 1. The molecule has 2 amide bonds. The van der Waals surface area contributed by atoms with Crippen LogP contribution in [0.25, 0.3) is 0 Å². The van der Waals surface area contributed by atoms with Gasteiger partial charge in [-0.25, -0.2) is 9.78 Å². The summed E-state index contributed by atoms with van der Waals surface area (Å²) in [6.45, 7) is 3.51. The van der Waals surface area contributed by atoms with E-state index in [0.29, 0.717) is 13.1 Å². The molecule has 140 valence electrons. The van der Waals surface area contributed by atoms with Crippen LogP contribution in [0.5, 0.6) is 5.75 Å². The molecule has 0 aromatic carbocycles. The first-order valence-electron chi connectivity index (χ1n) is 9.26. The third-order valence-corrected chi connectivity index (χ3v) is 4.73. The van der Waals surface area contributed by atoms with E-state index in [2.05, 4.69) is 22.2 Å². The smallest absolute Gasteiger partial charge is 0.317 e. The van der Waals surface area contributed by atoms with Gasteiger partial charge in [0.1, 0.15) is 17.7 Å². The Labute approximate surface area is 154 Å². The van der Waals surface area contributed by atoms with Crippen molar-refractivity contribution in [2.45, 2.75) is 44.8 Å². The van der Waals surface area contributed by atoms with Gasteiger partial charge in [-0.2, -0.15) is 0 Å². The fraction of sp³-hybridized carbons (Fsp3) is 0.526. The Morgan fingerprint density at radius 1 is 1.31 bits per heavy atom. The normalized spacial score (nSPS) is 16.3. The summed E-state index contributed by atoms with van der Waals surface area (Å²) in [7, 11) is 1.96. The van der Waals surface area contributed by atoms with Crippen molar-refractivity contribution in [2.75, 3.05) is 13.1 Å². The van der Waals surface area contributed by atoms with Crippen molar-refractivity contribution >= 4 is 6.03 Å². The number of nitrogens with one attached hydrogen (secondary N) is 1. The third kappa shape index (κ3) is 4.53. The molecule has 1 aliphatic rings. The summed E-state index contributed by atoms with van der Waals surface area (Å²) in [5.74, 6) is 1.73. The molecule has 1 unspecified atom stereocenters. The molecule has 1 aliphatic heterocycles. The Morgan fingerprint density at radius 3 is 2.65 bits per heavy atom. The highest BCUT2D eigenvalue weighted by Crippen LogP contribution is 2.20. The zero-order chi connectivity index (χ0) is 18.4. The molecular formula is C19H27N5O2. The van der Waals surface area contributed by atoms with Gasteiger partial charge in [-0.15, -0.1) is 0 Å².